The second-order valence-corrected chi connectivity index (χ2v) is 9.09. The van der Waals surface area contributed by atoms with E-state index in [0.717, 1.165) is 18.2 Å². The molecule has 3 rings (SSSR count). The summed E-state index contributed by atoms with van der Waals surface area (Å²) in [5.74, 6) is -2.48. The van der Waals surface area contributed by atoms with Crippen LogP contribution in [0.3, 0.4) is 0 Å². The maximum Gasteiger partial charge on any atom is 0.416 e. The molecule has 0 saturated heterocycles. The van der Waals surface area contributed by atoms with Gasteiger partial charge in [-0.3, -0.25) is 9.36 Å². The van der Waals surface area contributed by atoms with E-state index in [4.69, 9.17) is 17.3 Å². The Balaban J connectivity index is 1.87. The lowest BCUT2D eigenvalue weighted by Gasteiger charge is -2.21. The number of nitrogens with one attached hydrogen (secondary N) is 1. The minimum atomic E-state index is -5.06. The average Bonchev–Trinajstić information content (AvgIpc) is 3.18. The zero-order valence-corrected chi connectivity index (χ0v) is 21.5. The van der Waals surface area contributed by atoms with Crippen LogP contribution >= 0.6 is 11.6 Å². The minimum absolute atomic E-state index is 0.146. The number of carbonyl (C=O) groups excluding carboxylic acids is 2. The molecule has 0 aliphatic carbocycles. The zero-order chi connectivity index (χ0) is 30.5. The summed E-state index contributed by atoms with van der Waals surface area (Å²) in [6.07, 6.45) is -14.0. The first-order chi connectivity index (χ1) is 19.1. The van der Waals surface area contributed by atoms with E-state index in [1.165, 1.54) is 30.3 Å². The smallest absolute Gasteiger partial charge is 0.416 e. The molecule has 10 nitrogen and oxygen atoms in total. The summed E-state index contributed by atoms with van der Waals surface area (Å²) >= 11 is 5.83. The summed E-state index contributed by atoms with van der Waals surface area (Å²) in [4.78, 5) is 36.7. The van der Waals surface area contributed by atoms with Gasteiger partial charge in [0.15, 0.2) is 11.9 Å². The molecule has 0 aliphatic heterocycles. The number of primary amides is 1. The van der Waals surface area contributed by atoms with E-state index in [9.17, 15) is 45.8 Å². The maximum atomic E-state index is 13.5. The normalized spacial score (nSPS) is 13.5. The van der Waals surface area contributed by atoms with Gasteiger partial charge < -0.3 is 20.9 Å². The fourth-order valence-corrected chi connectivity index (χ4v) is 3.91. The predicted molar refractivity (Wildman–Crippen MR) is 132 cm³/mol. The molecule has 4 N–H and O–H groups in total. The van der Waals surface area contributed by atoms with Gasteiger partial charge in [-0.05, 0) is 35.9 Å². The van der Waals surface area contributed by atoms with Crippen molar-refractivity contribution in [2.45, 2.75) is 37.5 Å². The molecule has 222 valence electrons. The second-order valence-electron chi connectivity index (χ2n) is 8.65. The molecule has 17 heteroatoms. The number of hydrogen-bond donors (Lipinski definition) is 3. The molecule has 2 amide bonds. The van der Waals surface area contributed by atoms with Crippen LogP contribution in [-0.4, -0.2) is 56.9 Å². The third-order valence-electron chi connectivity index (χ3n) is 5.73. The molecule has 0 radical (unpaired) electrons. The SMILES string of the molecule is NC(=O)OCC(CNC(=O)Cn1nc(-c2ccc(Cl)cc2)n(C[C@H](O)C(F)(F)F)c1=O)c1ccccc1C(F)(F)F. The van der Waals surface area contributed by atoms with Gasteiger partial charge >= 0.3 is 24.1 Å². The number of rotatable bonds is 10. The Morgan fingerprint density at radius 2 is 1.71 bits per heavy atom. The zero-order valence-electron chi connectivity index (χ0n) is 20.7. The Morgan fingerprint density at radius 1 is 1.07 bits per heavy atom. The van der Waals surface area contributed by atoms with Crippen LogP contribution in [0, 0.1) is 0 Å². The van der Waals surface area contributed by atoms with E-state index in [0.29, 0.717) is 9.25 Å². The lowest BCUT2D eigenvalue weighted by Crippen LogP contribution is -2.39. The first kappa shape index (κ1) is 31.5. The van der Waals surface area contributed by atoms with Crippen LogP contribution in [0.15, 0.2) is 53.3 Å². The van der Waals surface area contributed by atoms with Gasteiger partial charge in [0, 0.05) is 23.0 Å². The Bertz CT molecular complexity index is 1440. The summed E-state index contributed by atoms with van der Waals surface area (Å²) in [5, 5.41) is 16.1. The first-order valence-electron chi connectivity index (χ1n) is 11.6. The highest BCUT2D eigenvalue weighted by molar-refractivity contribution is 6.30. The number of hydrogen-bond acceptors (Lipinski definition) is 6. The van der Waals surface area contributed by atoms with Crippen LogP contribution in [0.2, 0.25) is 5.02 Å². The number of nitrogens with two attached hydrogens (primary N) is 1. The average molecular weight is 610 g/mol. The number of halogens is 7. The third-order valence-corrected chi connectivity index (χ3v) is 5.98. The highest BCUT2D eigenvalue weighted by atomic mass is 35.5. The maximum absolute atomic E-state index is 13.5. The van der Waals surface area contributed by atoms with Gasteiger partial charge in [0.1, 0.15) is 13.2 Å². The van der Waals surface area contributed by atoms with Crippen molar-refractivity contribution < 1.29 is 45.8 Å². The fraction of sp³-hybridized carbons (Fsp3) is 0.333. The molecule has 41 heavy (non-hydrogen) atoms. The van der Waals surface area contributed by atoms with Gasteiger partial charge in [-0.15, -0.1) is 5.10 Å². The number of aliphatic hydroxyl groups excluding tert-OH is 1. The molecule has 0 saturated carbocycles. The second kappa shape index (κ2) is 12.6. The molecule has 0 bridgehead atoms. The molecule has 2 atom stereocenters. The van der Waals surface area contributed by atoms with Crippen LogP contribution in [0.5, 0.6) is 0 Å². The third kappa shape index (κ3) is 8.23. The van der Waals surface area contributed by atoms with Crippen LogP contribution in [0.1, 0.15) is 17.0 Å². The van der Waals surface area contributed by atoms with E-state index in [-0.39, 0.29) is 22.0 Å². The minimum Gasteiger partial charge on any atom is -0.449 e. The number of ether oxygens (including phenoxy) is 1. The van der Waals surface area contributed by atoms with Crippen molar-refractivity contribution in [2.24, 2.45) is 5.73 Å². The summed E-state index contributed by atoms with van der Waals surface area (Å²) < 4.78 is 85.4. The summed E-state index contributed by atoms with van der Waals surface area (Å²) in [6, 6.07) is 9.85. The van der Waals surface area contributed by atoms with Crippen LogP contribution in [0.4, 0.5) is 31.1 Å². The highest BCUT2D eigenvalue weighted by Gasteiger charge is 2.39. The molecule has 0 aliphatic rings. The van der Waals surface area contributed by atoms with E-state index in [1.807, 2.05) is 0 Å². The summed E-state index contributed by atoms with van der Waals surface area (Å²) in [7, 11) is 0. The monoisotopic (exact) mass is 609 g/mol. The summed E-state index contributed by atoms with van der Waals surface area (Å²) in [5.41, 5.74) is 2.55. The van der Waals surface area contributed by atoms with Crippen molar-refractivity contribution in [3.8, 4) is 11.4 Å². The Labute approximate surface area is 232 Å². The van der Waals surface area contributed by atoms with E-state index >= 15 is 0 Å². The Morgan fingerprint density at radius 3 is 2.29 bits per heavy atom. The van der Waals surface area contributed by atoms with Gasteiger partial charge in [0.25, 0.3) is 0 Å². The number of aromatic nitrogens is 3. The molecular formula is C24H22ClF6N5O5. The topological polar surface area (TPSA) is 141 Å². The highest BCUT2D eigenvalue weighted by Crippen LogP contribution is 2.35. The Hall–Kier alpha value is -4.05. The number of carbonyl (C=O) groups is 2. The number of nitrogens with zero attached hydrogens (tertiary/aromatic N) is 3. The quantitative estimate of drug-likeness (QED) is 0.301. The molecule has 0 spiro atoms. The number of benzene rings is 2. The van der Waals surface area contributed by atoms with Crippen molar-refractivity contribution in [2.75, 3.05) is 13.2 Å². The summed E-state index contributed by atoms with van der Waals surface area (Å²) in [6.45, 7) is -3.22. The van der Waals surface area contributed by atoms with Crippen molar-refractivity contribution in [1.82, 2.24) is 19.7 Å². The van der Waals surface area contributed by atoms with E-state index in [2.05, 4.69) is 15.2 Å². The molecule has 1 unspecified atom stereocenters. The predicted octanol–water partition coefficient (Wildman–Crippen LogP) is 3.30. The molecule has 2 aromatic carbocycles. The van der Waals surface area contributed by atoms with Crippen LogP contribution in [0.25, 0.3) is 11.4 Å². The Kier molecular flexibility index (Phi) is 9.70. The van der Waals surface area contributed by atoms with E-state index in [1.54, 1.807) is 0 Å². The molecule has 0 fully saturated rings. The van der Waals surface area contributed by atoms with Gasteiger partial charge in [0.05, 0.1) is 12.1 Å². The lowest BCUT2D eigenvalue weighted by molar-refractivity contribution is -0.207. The number of alkyl halides is 6. The molecule has 1 heterocycles. The van der Waals surface area contributed by atoms with E-state index < -0.39 is 73.9 Å². The van der Waals surface area contributed by atoms with Gasteiger partial charge in [0.2, 0.25) is 5.91 Å². The number of amides is 2. The largest absolute Gasteiger partial charge is 0.449 e. The van der Waals surface area contributed by atoms with Gasteiger partial charge in [-0.1, -0.05) is 29.8 Å². The van der Waals surface area contributed by atoms with Gasteiger partial charge in [-0.2, -0.15) is 26.3 Å². The van der Waals surface area contributed by atoms with Crippen molar-refractivity contribution in [3.05, 3.63) is 75.2 Å². The number of aliphatic hydroxyl groups is 1. The van der Waals surface area contributed by atoms with Crippen molar-refractivity contribution in [3.63, 3.8) is 0 Å². The fourth-order valence-electron chi connectivity index (χ4n) is 3.78. The lowest BCUT2D eigenvalue weighted by atomic mass is 9.94. The van der Waals surface area contributed by atoms with Crippen LogP contribution in [-0.2, 0) is 28.8 Å². The van der Waals surface area contributed by atoms with Crippen LogP contribution < -0.4 is 16.7 Å². The molecule has 1 aromatic heterocycles. The first-order valence-corrected chi connectivity index (χ1v) is 12.0. The van der Waals surface area contributed by atoms with Gasteiger partial charge in [-0.25, -0.2) is 14.3 Å². The molecule has 3 aromatic rings. The molecular weight excluding hydrogens is 588 g/mol. The van der Waals surface area contributed by atoms with Crippen molar-refractivity contribution >= 4 is 23.6 Å². The standard InChI is InChI=1S/C24H22ClF6N5O5/c25-15-7-5-13(6-8-15)20-34-36(22(40)35(20)10-18(37)24(29,30)31)11-19(38)33-9-14(12-41-21(32)39)16-3-1-2-4-17(16)23(26,27)28/h1-8,14,18,37H,9-12H2,(H2,32,39)(H,33,38)/t14?,18-/m0/s1. The van der Waals surface area contributed by atoms with Crippen molar-refractivity contribution in [1.29, 1.82) is 0 Å².